The molecular formula is C16H10F4N6O. The summed E-state index contributed by atoms with van der Waals surface area (Å²) in [7, 11) is 0. The lowest BCUT2D eigenvalue weighted by atomic mass is 10.1. The van der Waals surface area contributed by atoms with Gasteiger partial charge in [-0.05, 0) is 18.2 Å². The highest BCUT2D eigenvalue weighted by Crippen LogP contribution is 2.29. The van der Waals surface area contributed by atoms with Crippen LogP contribution in [0.5, 0.6) is 0 Å². The van der Waals surface area contributed by atoms with Crippen LogP contribution in [0.3, 0.4) is 0 Å². The summed E-state index contributed by atoms with van der Waals surface area (Å²) in [5, 5.41) is 10.2. The number of imidazole rings is 1. The minimum Gasteiger partial charge on any atom is -0.375 e. The summed E-state index contributed by atoms with van der Waals surface area (Å²) in [6, 6.07) is 5.83. The van der Waals surface area contributed by atoms with Crippen LogP contribution in [0, 0.1) is 5.82 Å². The standard InChI is InChI=1S/C16H10F4N6O/c17-11-2-1-9(5-12(11)21-6-10-3-4-24-27-10)13-7-22-15-25-14(16(18,19)20)8-23-26(13)15/h1-5,7-8,21H,6H2. The van der Waals surface area contributed by atoms with Crippen molar-refractivity contribution < 1.29 is 22.1 Å². The molecule has 1 aromatic carbocycles. The van der Waals surface area contributed by atoms with Crippen LogP contribution in [-0.2, 0) is 12.7 Å². The van der Waals surface area contributed by atoms with Gasteiger partial charge in [0, 0.05) is 11.6 Å². The van der Waals surface area contributed by atoms with Crippen LogP contribution in [0.1, 0.15) is 11.5 Å². The highest BCUT2D eigenvalue weighted by atomic mass is 19.4. The molecule has 27 heavy (non-hydrogen) atoms. The lowest BCUT2D eigenvalue weighted by Gasteiger charge is -2.09. The Kier molecular flexibility index (Phi) is 3.98. The zero-order chi connectivity index (χ0) is 19.0. The van der Waals surface area contributed by atoms with E-state index in [1.807, 2.05) is 0 Å². The number of anilines is 1. The molecule has 138 valence electrons. The third-order valence-corrected chi connectivity index (χ3v) is 3.73. The van der Waals surface area contributed by atoms with Crippen molar-refractivity contribution in [3.05, 3.63) is 60.1 Å². The molecule has 0 bridgehead atoms. The molecule has 0 aliphatic carbocycles. The van der Waals surface area contributed by atoms with Gasteiger partial charge in [0.2, 0.25) is 0 Å². The molecule has 0 fully saturated rings. The average Bonchev–Trinajstić information content (AvgIpc) is 3.29. The number of nitrogens with zero attached hydrogens (tertiary/aromatic N) is 5. The summed E-state index contributed by atoms with van der Waals surface area (Å²) in [4.78, 5) is 7.32. The fraction of sp³-hybridized carbons (Fsp3) is 0.125. The molecular weight excluding hydrogens is 368 g/mol. The Morgan fingerprint density at radius 2 is 2.00 bits per heavy atom. The first-order valence-corrected chi connectivity index (χ1v) is 7.63. The van der Waals surface area contributed by atoms with E-state index in [-0.39, 0.29) is 18.0 Å². The molecule has 0 saturated carbocycles. The fourth-order valence-electron chi connectivity index (χ4n) is 2.44. The van der Waals surface area contributed by atoms with Crippen molar-refractivity contribution in [2.75, 3.05) is 5.32 Å². The molecule has 4 aromatic rings. The second-order valence-corrected chi connectivity index (χ2v) is 5.52. The number of halogens is 4. The first kappa shape index (κ1) is 16.9. The van der Waals surface area contributed by atoms with E-state index in [9.17, 15) is 17.6 Å². The van der Waals surface area contributed by atoms with Gasteiger partial charge in [0.25, 0.3) is 5.78 Å². The van der Waals surface area contributed by atoms with Crippen molar-refractivity contribution in [2.45, 2.75) is 12.7 Å². The van der Waals surface area contributed by atoms with Gasteiger partial charge in [0.05, 0.1) is 36.5 Å². The minimum absolute atomic E-state index is 0.179. The van der Waals surface area contributed by atoms with Crippen LogP contribution in [0.2, 0.25) is 0 Å². The molecule has 0 atom stereocenters. The van der Waals surface area contributed by atoms with Crippen LogP contribution in [0.4, 0.5) is 23.2 Å². The maximum atomic E-state index is 14.1. The van der Waals surface area contributed by atoms with Crippen LogP contribution >= 0.6 is 0 Å². The summed E-state index contributed by atoms with van der Waals surface area (Å²) < 4.78 is 58.4. The predicted octanol–water partition coefficient (Wildman–Crippen LogP) is 3.55. The van der Waals surface area contributed by atoms with E-state index in [1.54, 1.807) is 6.07 Å². The highest BCUT2D eigenvalue weighted by Gasteiger charge is 2.33. The Balaban J connectivity index is 1.68. The highest BCUT2D eigenvalue weighted by molar-refractivity contribution is 5.67. The molecule has 0 amide bonds. The number of hydrogen-bond acceptors (Lipinski definition) is 6. The van der Waals surface area contributed by atoms with Gasteiger partial charge in [-0.2, -0.15) is 22.8 Å². The predicted molar refractivity (Wildman–Crippen MR) is 85.0 cm³/mol. The molecule has 3 aromatic heterocycles. The Morgan fingerprint density at radius 3 is 2.74 bits per heavy atom. The van der Waals surface area contributed by atoms with Crippen molar-refractivity contribution in [1.29, 1.82) is 0 Å². The fourth-order valence-corrected chi connectivity index (χ4v) is 2.44. The van der Waals surface area contributed by atoms with Crippen molar-refractivity contribution in [3.8, 4) is 11.3 Å². The summed E-state index contributed by atoms with van der Waals surface area (Å²) in [6.45, 7) is 0.211. The molecule has 1 N–H and O–H groups in total. The van der Waals surface area contributed by atoms with Gasteiger partial charge in [-0.15, -0.1) is 0 Å². The smallest absolute Gasteiger partial charge is 0.375 e. The van der Waals surface area contributed by atoms with Gasteiger partial charge >= 0.3 is 6.18 Å². The SMILES string of the molecule is Fc1ccc(-c2cnc3nc(C(F)(F)F)cnn23)cc1NCc1ccno1. The number of nitrogens with one attached hydrogen (secondary N) is 1. The molecule has 3 heterocycles. The molecule has 0 radical (unpaired) electrons. The summed E-state index contributed by atoms with van der Waals surface area (Å²) in [5.74, 6) is -0.196. The Morgan fingerprint density at radius 1 is 1.15 bits per heavy atom. The Hall–Kier alpha value is -3.50. The molecule has 4 rings (SSSR count). The summed E-state index contributed by atoms with van der Waals surface area (Å²) >= 11 is 0. The number of aromatic nitrogens is 5. The number of rotatable bonds is 4. The maximum absolute atomic E-state index is 14.1. The zero-order valence-corrected chi connectivity index (χ0v) is 13.4. The quantitative estimate of drug-likeness (QED) is 0.547. The second kappa shape index (κ2) is 6.34. The lowest BCUT2D eigenvalue weighted by molar-refractivity contribution is -0.141. The minimum atomic E-state index is -4.62. The van der Waals surface area contributed by atoms with Crippen LogP contribution in [-0.4, -0.2) is 24.7 Å². The van der Waals surface area contributed by atoms with Gasteiger partial charge in [0.1, 0.15) is 5.82 Å². The monoisotopic (exact) mass is 378 g/mol. The first-order valence-electron chi connectivity index (χ1n) is 7.63. The first-order chi connectivity index (χ1) is 12.9. The van der Waals surface area contributed by atoms with Gasteiger partial charge < -0.3 is 9.84 Å². The second-order valence-electron chi connectivity index (χ2n) is 5.52. The van der Waals surface area contributed by atoms with Crippen LogP contribution in [0.25, 0.3) is 17.0 Å². The van der Waals surface area contributed by atoms with Crippen LogP contribution in [0.15, 0.2) is 47.4 Å². The number of fused-ring (bicyclic) bond motifs is 1. The number of benzene rings is 1. The van der Waals surface area contributed by atoms with Crippen LogP contribution < -0.4 is 5.32 Å². The van der Waals surface area contributed by atoms with E-state index in [1.165, 1.54) is 30.6 Å². The van der Waals surface area contributed by atoms with Gasteiger partial charge in [0.15, 0.2) is 11.5 Å². The number of hydrogen-bond donors (Lipinski definition) is 1. The average molecular weight is 378 g/mol. The van der Waals surface area contributed by atoms with E-state index in [0.717, 1.165) is 4.52 Å². The maximum Gasteiger partial charge on any atom is 0.435 e. The topological polar surface area (TPSA) is 81.1 Å². The van der Waals surface area contributed by atoms with Gasteiger partial charge in [-0.3, -0.25) is 0 Å². The Bertz CT molecular complexity index is 1090. The molecule has 0 aliphatic heterocycles. The Labute approximate surface area is 148 Å². The van der Waals surface area contributed by atoms with E-state index in [4.69, 9.17) is 4.52 Å². The molecule has 0 aliphatic rings. The van der Waals surface area contributed by atoms with E-state index in [0.29, 0.717) is 23.2 Å². The van der Waals surface area contributed by atoms with E-state index < -0.39 is 17.7 Å². The normalized spacial score (nSPS) is 11.9. The van der Waals surface area contributed by atoms with Crippen molar-refractivity contribution in [2.24, 2.45) is 0 Å². The van der Waals surface area contributed by atoms with Crippen molar-refractivity contribution in [1.82, 2.24) is 24.7 Å². The summed E-state index contributed by atoms with van der Waals surface area (Å²) in [6.07, 6.45) is -1.21. The lowest BCUT2D eigenvalue weighted by Crippen LogP contribution is -2.11. The third kappa shape index (κ3) is 3.30. The molecule has 0 spiro atoms. The molecule has 0 saturated heterocycles. The largest absolute Gasteiger partial charge is 0.435 e. The zero-order valence-electron chi connectivity index (χ0n) is 13.4. The van der Waals surface area contributed by atoms with Crippen molar-refractivity contribution in [3.63, 3.8) is 0 Å². The molecule has 7 nitrogen and oxygen atoms in total. The number of alkyl halides is 3. The van der Waals surface area contributed by atoms with Gasteiger partial charge in [-0.1, -0.05) is 5.16 Å². The van der Waals surface area contributed by atoms with Gasteiger partial charge in [-0.25, -0.2) is 14.4 Å². The molecule has 0 unspecified atom stereocenters. The summed E-state index contributed by atoms with van der Waals surface area (Å²) in [5.41, 5.74) is -0.0913. The van der Waals surface area contributed by atoms with Crippen molar-refractivity contribution >= 4 is 11.5 Å². The third-order valence-electron chi connectivity index (χ3n) is 3.73. The van der Waals surface area contributed by atoms with E-state index in [2.05, 4.69) is 25.5 Å². The van der Waals surface area contributed by atoms with E-state index >= 15 is 0 Å². The molecule has 11 heteroatoms.